The number of nitrogens with one attached hydrogen (secondary N) is 2. The van der Waals surface area contributed by atoms with E-state index in [0.717, 1.165) is 16.7 Å². The molecule has 0 bridgehead atoms. The molecular formula is C26H28N2O3. The summed E-state index contributed by atoms with van der Waals surface area (Å²) in [5.41, 5.74) is 2.28. The predicted octanol–water partition coefficient (Wildman–Crippen LogP) is 3.64. The minimum atomic E-state index is -0.759. The van der Waals surface area contributed by atoms with Crippen LogP contribution in [0.15, 0.2) is 91.0 Å². The predicted molar refractivity (Wildman–Crippen MR) is 121 cm³/mol. The molecule has 0 aliphatic rings. The van der Waals surface area contributed by atoms with Crippen molar-refractivity contribution in [3.8, 4) is 0 Å². The summed E-state index contributed by atoms with van der Waals surface area (Å²) in [7, 11) is 0. The van der Waals surface area contributed by atoms with Crippen molar-refractivity contribution in [3.05, 3.63) is 108 Å². The molecule has 2 N–H and O–H groups in total. The van der Waals surface area contributed by atoms with Gasteiger partial charge in [-0.15, -0.1) is 0 Å². The van der Waals surface area contributed by atoms with Gasteiger partial charge in [0.1, 0.15) is 6.54 Å². The first-order chi connectivity index (χ1) is 15.1. The lowest BCUT2D eigenvalue weighted by Crippen LogP contribution is -2.54. The largest absolute Gasteiger partial charge is 0.465 e. The highest BCUT2D eigenvalue weighted by molar-refractivity contribution is 5.85. The molecule has 0 aliphatic heterocycles. The standard InChI is InChI=1S/C26H28N2O3/c1-3-31-24(29)19-27-25(30)20(2)28-26(21-13-7-4-8-14-21,22-15-9-5-10-16-22)23-17-11-6-12-18-23/h4-18,20,28H,3,19H2,1-2H3,(H,27,30). The molecule has 5 nitrogen and oxygen atoms in total. The zero-order valence-electron chi connectivity index (χ0n) is 17.9. The van der Waals surface area contributed by atoms with Crippen LogP contribution >= 0.6 is 0 Å². The number of hydrogen-bond acceptors (Lipinski definition) is 4. The molecule has 1 amide bonds. The fourth-order valence-corrected chi connectivity index (χ4v) is 3.73. The molecule has 160 valence electrons. The second-order valence-electron chi connectivity index (χ2n) is 7.24. The third kappa shape index (κ3) is 5.19. The Hall–Kier alpha value is -3.44. The first-order valence-corrected chi connectivity index (χ1v) is 10.5. The van der Waals surface area contributed by atoms with Crippen molar-refractivity contribution in [2.45, 2.75) is 25.4 Å². The smallest absolute Gasteiger partial charge is 0.325 e. The summed E-state index contributed by atoms with van der Waals surface area (Å²) < 4.78 is 4.91. The zero-order chi connectivity index (χ0) is 22.1. The summed E-state index contributed by atoms with van der Waals surface area (Å²) in [6.45, 7) is 3.65. The van der Waals surface area contributed by atoms with Gasteiger partial charge in [-0.3, -0.25) is 14.9 Å². The first kappa shape index (κ1) is 22.2. The van der Waals surface area contributed by atoms with Crippen LogP contribution in [0.2, 0.25) is 0 Å². The highest BCUT2D eigenvalue weighted by Crippen LogP contribution is 2.37. The molecule has 0 aliphatic carbocycles. The maximum atomic E-state index is 12.8. The number of benzene rings is 3. The van der Waals surface area contributed by atoms with Gasteiger partial charge in [0.25, 0.3) is 0 Å². The summed E-state index contributed by atoms with van der Waals surface area (Å²) in [6, 6.07) is 29.6. The van der Waals surface area contributed by atoms with Crippen LogP contribution in [-0.2, 0) is 19.9 Å². The highest BCUT2D eigenvalue weighted by atomic mass is 16.5. The number of esters is 1. The number of rotatable bonds is 9. The van der Waals surface area contributed by atoms with E-state index in [2.05, 4.69) is 47.0 Å². The zero-order valence-corrected chi connectivity index (χ0v) is 17.9. The van der Waals surface area contributed by atoms with Crippen molar-refractivity contribution in [1.29, 1.82) is 0 Å². The maximum absolute atomic E-state index is 12.8. The minimum absolute atomic E-state index is 0.159. The summed E-state index contributed by atoms with van der Waals surface area (Å²) in [4.78, 5) is 24.5. The third-order valence-corrected chi connectivity index (χ3v) is 5.16. The molecule has 1 unspecified atom stereocenters. The maximum Gasteiger partial charge on any atom is 0.325 e. The summed E-state index contributed by atoms with van der Waals surface area (Å²) in [5, 5.41) is 6.24. The van der Waals surface area contributed by atoms with Gasteiger partial charge in [0, 0.05) is 0 Å². The second-order valence-corrected chi connectivity index (χ2v) is 7.24. The van der Waals surface area contributed by atoms with Gasteiger partial charge >= 0.3 is 5.97 Å². The van der Waals surface area contributed by atoms with Crippen molar-refractivity contribution in [2.75, 3.05) is 13.2 Å². The molecule has 0 saturated carbocycles. The number of amides is 1. The molecule has 0 heterocycles. The van der Waals surface area contributed by atoms with Gasteiger partial charge in [0.2, 0.25) is 5.91 Å². The van der Waals surface area contributed by atoms with E-state index in [1.807, 2.05) is 54.6 Å². The Labute approximate surface area is 183 Å². The fraction of sp³-hybridized carbons (Fsp3) is 0.231. The van der Waals surface area contributed by atoms with Crippen molar-refractivity contribution >= 4 is 11.9 Å². The second kappa shape index (κ2) is 10.5. The summed E-state index contributed by atoms with van der Waals surface area (Å²) >= 11 is 0. The molecule has 0 radical (unpaired) electrons. The number of carbonyl (C=O) groups is 2. The van der Waals surface area contributed by atoms with E-state index in [1.165, 1.54) is 0 Å². The van der Waals surface area contributed by atoms with Crippen molar-refractivity contribution in [2.24, 2.45) is 0 Å². The SMILES string of the molecule is CCOC(=O)CNC(=O)C(C)NC(c1ccccc1)(c1ccccc1)c1ccccc1. The Balaban J connectivity index is 2.02. The van der Waals surface area contributed by atoms with Crippen LogP contribution in [-0.4, -0.2) is 31.1 Å². The van der Waals surface area contributed by atoms with Gasteiger partial charge in [0.15, 0.2) is 0 Å². The monoisotopic (exact) mass is 416 g/mol. The molecule has 0 fully saturated rings. The molecule has 3 aromatic carbocycles. The van der Waals surface area contributed by atoms with Crippen LogP contribution in [0.3, 0.4) is 0 Å². The highest BCUT2D eigenvalue weighted by Gasteiger charge is 2.38. The van der Waals surface area contributed by atoms with Crippen molar-refractivity contribution in [1.82, 2.24) is 10.6 Å². The third-order valence-electron chi connectivity index (χ3n) is 5.16. The van der Waals surface area contributed by atoms with E-state index < -0.39 is 17.6 Å². The lowest BCUT2D eigenvalue weighted by Gasteiger charge is -2.39. The Morgan fingerprint density at radius 2 is 1.23 bits per heavy atom. The lowest BCUT2D eigenvalue weighted by atomic mass is 9.76. The number of hydrogen-bond donors (Lipinski definition) is 2. The molecule has 3 aromatic rings. The number of carbonyl (C=O) groups excluding carboxylic acids is 2. The van der Waals surface area contributed by atoms with Gasteiger partial charge in [-0.25, -0.2) is 0 Å². The molecule has 0 aromatic heterocycles. The fourth-order valence-electron chi connectivity index (χ4n) is 3.73. The Kier molecular flexibility index (Phi) is 7.57. The van der Waals surface area contributed by atoms with E-state index in [0.29, 0.717) is 0 Å². The van der Waals surface area contributed by atoms with Crippen LogP contribution < -0.4 is 10.6 Å². The Bertz CT molecular complexity index is 879. The summed E-state index contributed by atoms with van der Waals surface area (Å²) in [6.07, 6.45) is 0. The molecule has 1 atom stereocenters. The molecule has 3 rings (SSSR count). The molecule has 0 spiro atoms. The van der Waals surface area contributed by atoms with E-state index in [1.54, 1.807) is 13.8 Å². The average Bonchev–Trinajstić information content (AvgIpc) is 2.82. The topological polar surface area (TPSA) is 67.4 Å². The van der Waals surface area contributed by atoms with Crippen LogP contribution in [0.5, 0.6) is 0 Å². The molecular weight excluding hydrogens is 388 g/mol. The van der Waals surface area contributed by atoms with E-state index in [9.17, 15) is 9.59 Å². The average molecular weight is 417 g/mol. The van der Waals surface area contributed by atoms with Crippen LogP contribution in [0.1, 0.15) is 30.5 Å². The van der Waals surface area contributed by atoms with Crippen molar-refractivity contribution < 1.29 is 14.3 Å². The van der Waals surface area contributed by atoms with Crippen molar-refractivity contribution in [3.63, 3.8) is 0 Å². The molecule has 5 heteroatoms. The minimum Gasteiger partial charge on any atom is -0.465 e. The van der Waals surface area contributed by atoms with Gasteiger partial charge in [-0.1, -0.05) is 91.0 Å². The Morgan fingerprint density at radius 1 is 0.806 bits per heavy atom. The normalized spacial score (nSPS) is 12.1. The molecule has 31 heavy (non-hydrogen) atoms. The molecule has 0 saturated heterocycles. The van der Waals surface area contributed by atoms with Gasteiger partial charge in [-0.2, -0.15) is 0 Å². The van der Waals surface area contributed by atoms with Gasteiger partial charge in [-0.05, 0) is 30.5 Å². The van der Waals surface area contributed by atoms with E-state index >= 15 is 0 Å². The lowest BCUT2D eigenvalue weighted by molar-refractivity contribution is -0.143. The van der Waals surface area contributed by atoms with Gasteiger partial charge in [0.05, 0.1) is 18.2 Å². The summed E-state index contributed by atoms with van der Waals surface area (Å²) in [5.74, 6) is -0.733. The van der Waals surface area contributed by atoms with E-state index in [4.69, 9.17) is 4.74 Å². The van der Waals surface area contributed by atoms with Crippen LogP contribution in [0.4, 0.5) is 0 Å². The first-order valence-electron chi connectivity index (χ1n) is 10.5. The Morgan fingerprint density at radius 3 is 1.61 bits per heavy atom. The van der Waals surface area contributed by atoms with Gasteiger partial charge < -0.3 is 10.1 Å². The quantitative estimate of drug-likeness (QED) is 0.413. The number of ether oxygens (including phenoxy) is 1. The van der Waals surface area contributed by atoms with Crippen LogP contribution in [0.25, 0.3) is 0 Å². The van der Waals surface area contributed by atoms with E-state index in [-0.39, 0.29) is 19.1 Å². The van der Waals surface area contributed by atoms with Crippen LogP contribution in [0, 0.1) is 0 Å².